The minimum atomic E-state index is -0.651. The topological polar surface area (TPSA) is 84.9 Å². The highest BCUT2D eigenvalue weighted by atomic mass is 16.5. The zero-order valence-corrected chi connectivity index (χ0v) is 14.6. The molecule has 25 heavy (non-hydrogen) atoms. The van der Waals surface area contributed by atoms with Gasteiger partial charge in [-0.2, -0.15) is 0 Å². The first kappa shape index (κ1) is 18.8. The van der Waals surface area contributed by atoms with Gasteiger partial charge in [-0.1, -0.05) is 19.1 Å². The summed E-state index contributed by atoms with van der Waals surface area (Å²) in [4.78, 5) is 37.6. The Kier molecular flexibility index (Phi) is 6.80. The summed E-state index contributed by atoms with van der Waals surface area (Å²) < 4.78 is 10.1. The predicted molar refractivity (Wildman–Crippen MR) is 91.3 cm³/mol. The molecule has 1 saturated heterocycles. The second kappa shape index (κ2) is 9.05. The zero-order chi connectivity index (χ0) is 18.2. The minimum Gasteiger partial charge on any atom is -0.496 e. The number of carbonyl (C=O) groups is 3. The summed E-state index contributed by atoms with van der Waals surface area (Å²) in [6.07, 6.45) is 2.08. The molecule has 1 aromatic rings. The Hall–Kier alpha value is -2.57. The highest BCUT2D eigenvalue weighted by Gasteiger charge is 2.22. The first-order chi connectivity index (χ1) is 12.0. The van der Waals surface area contributed by atoms with E-state index in [9.17, 15) is 14.4 Å². The number of rotatable bonds is 6. The van der Waals surface area contributed by atoms with Gasteiger partial charge in [-0.25, -0.2) is 0 Å². The highest BCUT2D eigenvalue weighted by molar-refractivity contribution is 5.98. The number of nitrogens with zero attached hydrogens (tertiary/aromatic N) is 1. The first-order valence-corrected chi connectivity index (χ1v) is 8.36. The van der Waals surface area contributed by atoms with Crippen molar-refractivity contribution in [3.05, 3.63) is 29.8 Å². The lowest BCUT2D eigenvalue weighted by Gasteiger charge is -2.30. The van der Waals surface area contributed by atoms with Gasteiger partial charge in [-0.05, 0) is 30.9 Å². The van der Waals surface area contributed by atoms with E-state index in [0.29, 0.717) is 30.3 Å². The van der Waals surface area contributed by atoms with Crippen molar-refractivity contribution in [3.8, 4) is 5.75 Å². The average Bonchev–Trinajstić information content (AvgIpc) is 2.64. The number of nitrogens with one attached hydrogen (secondary N) is 1. The summed E-state index contributed by atoms with van der Waals surface area (Å²) in [7, 11) is 1.47. The molecule has 1 aliphatic heterocycles. The summed E-state index contributed by atoms with van der Waals surface area (Å²) in [6.45, 7) is 2.89. The molecule has 2 amide bonds. The standard InChI is InChI=1S/C18H24N2O5/c1-13-6-5-9-20(11-13)16(21)12-25-17(22)10-19-18(23)14-7-3-4-8-15(14)24-2/h3-4,7-8,13H,5-6,9-12H2,1-2H3,(H,19,23)/t13-/m1/s1. The van der Waals surface area contributed by atoms with Gasteiger partial charge < -0.3 is 19.7 Å². The largest absolute Gasteiger partial charge is 0.496 e. The molecule has 0 unspecified atom stereocenters. The Morgan fingerprint density at radius 2 is 2.04 bits per heavy atom. The van der Waals surface area contributed by atoms with Gasteiger partial charge in [-0.3, -0.25) is 14.4 Å². The Labute approximate surface area is 147 Å². The van der Waals surface area contributed by atoms with Gasteiger partial charge in [0.05, 0.1) is 12.7 Å². The van der Waals surface area contributed by atoms with Gasteiger partial charge in [0.25, 0.3) is 11.8 Å². The van der Waals surface area contributed by atoms with Crippen molar-refractivity contribution in [2.24, 2.45) is 5.92 Å². The van der Waals surface area contributed by atoms with E-state index >= 15 is 0 Å². The summed E-state index contributed by atoms with van der Waals surface area (Å²) >= 11 is 0. The van der Waals surface area contributed by atoms with E-state index in [2.05, 4.69) is 12.2 Å². The third-order valence-corrected chi connectivity index (χ3v) is 4.11. The van der Waals surface area contributed by atoms with Crippen LogP contribution in [0.2, 0.25) is 0 Å². The van der Waals surface area contributed by atoms with Crippen LogP contribution in [-0.4, -0.2) is 56.0 Å². The maximum Gasteiger partial charge on any atom is 0.325 e. The summed E-state index contributed by atoms with van der Waals surface area (Å²) in [6, 6.07) is 6.71. The number of hydrogen-bond donors (Lipinski definition) is 1. The van der Waals surface area contributed by atoms with Crippen molar-refractivity contribution >= 4 is 17.8 Å². The van der Waals surface area contributed by atoms with E-state index in [1.54, 1.807) is 29.2 Å². The van der Waals surface area contributed by atoms with E-state index in [1.807, 2.05) is 0 Å². The molecule has 0 aliphatic carbocycles. The van der Waals surface area contributed by atoms with Gasteiger partial charge in [-0.15, -0.1) is 0 Å². The molecule has 0 bridgehead atoms. The Bertz CT molecular complexity index is 632. The van der Waals surface area contributed by atoms with Crippen LogP contribution >= 0.6 is 0 Å². The van der Waals surface area contributed by atoms with E-state index in [0.717, 1.165) is 12.8 Å². The zero-order valence-electron chi connectivity index (χ0n) is 14.6. The van der Waals surface area contributed by atoms with Crippen LogP contribution in [0.1, 0.15) is 30.1 Å². The lowest BCUT2D eigenvalue weighted by Crippen LogP contribution is -2.42. The average molecular weight is 348 g/mol. The van der Waals surface area contributed by atoms with E-state index in [4.69, 9.17) is 9.47 Å². The number of ether oxygens (including phenoxy) is 2. The monoisotopic (exact) mass is 348 g/mol. The molecule has 1 fully saturated rings. The second-order valence-electron chi connectivity index (χ2n) is 6.13. The van der Waals surface area contributed by atoms with Crippen LogP contribution < -0.4 is 10.1 Å². The molecule has 1 aromatic carbocycles. The molecule has 1 heterocycles. The van der Waals surface area contributed by atoms with Crippen LogP contribution in [-0.2, 0) is 14.3 Å². The number of benzene rings is 1. The molecule has 0 spiro atoms. The molecule has 1 atom stereocenters. The molecular weight excluding hydrogens is 324 g/mol. The van der Waals surface area contributed by atoms with Crippen LogP contribution in [0.15, 0.2) is 24.3 Å². The Morgan fingerprint density at radius 3 is 2.76 bits per heavy atom. The highest BCUT2D eigenvalue weighted by Crippen LogP contribution is 2.17. The number of carbonyl (C=O) groups excluding carboxylic acids is 3. The summed E-state index contributed by atoms with van der Waals surface area (Å²) in [5, 5.41) is 2.47. The number of hydrogen-bond acceptors (Lipinski definition) is 5. The van der Waals surface area contributed by atoms with Crippen LogP contribution in [0.3, 0.4) is 0 Å². The molecule has 1 N–H and O–H groups in total. The van der Waals surface area contributed by atoms with Crippen LogP contribution in [0.5, 0.6) is 5.75 Å². The van der Waals surface area contributed by atoms with Gasteiger partial charge in [0.2, 0.25) is 0 Å². The molecule has 136 valence electrons. The molecule has 7 nitrogen and oxygen atoms in total. The molecule has 0 saturated carbocycles. The first-order valence-electron chi connectivity index (χ1n) is 8.36. The maximum absolute atomic E-state index is 12.1. The van der Waals surface area contributed by atoms with Crippen molar-refractivity contribution < 1.29 is 23.9 Å². The number of amides is 2. The number of esters is 1. The number of para-hydroxylation sites is 1. The lowest BCUT2D eigenvalue weighted by atomic mass is 10.0. The van der Waals surface area contributed by atoms with Crippen molar-refractivity contribution in [2.45, 2.75) is 19.8 Å². The fraction of sp³-hybridized carbons (Fsp3) is 0.500. The molecule has 2 rings (SSSR count). The Balaban J connectivity index is 1.75. The smallest absolute Gasteiger partial charge is 0.325 e. The van der Waals surface area contributed by atoms with E-state index in [-0.39, 0.29) is 19.1 Å². The van der Waals surface area contributed by atoms with E-state index < -0.39 is 11.9 Å². The SMILES string of the molecule is COc1ccccc1C(=O)NCC(=O)OCC(=O)N1CCC[C@@H](C)C1. The normalized spacial score (nSPS) is 16.9. The molecule has 1 aliphatic rings. The minimum absolute atomic E-state index is 0.198. The number of piperidine rings is 1. The van der Waals surface area contributed by atoms with Gasteiger partial charge >= 0.3 is 5.97 Å². The van der Waals surface area contributed by atoms with Gasteiger partial charge in [0.15, 0.2) is 6.61 Å². The molecular formula is C18H24N2O5. The quantitative estimate of drug-likeness (QED) is 0.782. The summed E-state index contributed by atoms with van der Waals surface area (Å²) in [5.41, 5.74) is 0.330. The third-order valence-electron chi connectivity index (χ3n) is 4.11. The van der Waals surface area contributed by atoms with Crippen LogP contribution in [0.4, 0.5) is 0 Å². The van der Waals surface area contributed by atoms with Crippen molar-refractivity contribution in [3.63, 3.8) is 0 Å². The predicted octanol–water partition coefficient (Wildman–Crippen LogP) is 1.23. The van der Waals surface area contributed by atoms with Crippen molar-refractivity contribution in [2.75, 3.05) is 33.4 Å². The molecule has 7 heteroatoms. The van der Waals surface area contributed by atoms with Crippen molar-refractivity contribution in [1.29, 1.82) is 0 Å². The fourth-order valence-corrected chi connectivity index (χ4v) is 2.78. The fourth-order valence-electron chi connectivity index (χ4n) is 2.78. The van der Waals surface area contributed by atoms with Gasteiger partial charge in [0.1, 0.15) is 12.3 Å². The van der Waals surface area contributed by atoms with E-state index in [1.165, 1.54) is 7.11 Å². The third kappa shape index (κ3) is 5.48. The Morgan fingerprint density at radius 1 is 1.28 bits per heavy atom. The van der Waals surface area contributed by atoms with Crippen LogP contribution in [0, 0.1) is 5.92 Å². The lowest BCUT2D eigenvalue weighted by molar-refractivity contribution is -0.151. The molecule has 0 aromatic heterocycles. The second-order valence-corrected chi connectivity index (χ2v) is 6.13. The molecule has 0 radical (unpaired) electrons. The summed E-state index contributed by atoms with van der Waals surface area (Å²) in [5.74, 6) is -0.403. The number of likely N-dealkylation sites (tertiary alicyclic amines) is 1. The van der Waals surface area contributed by atoms with Gasteiger partial charge in [0, 0.05) is 13.1 Å². The van der Waals surface area contributed by atoms with Crippen LogP contribution in [0.25, 0.3) is 0 Å². The maximum atomic E-state index is 12.1. The van der Waals surface area contributed by atoms with Crippen molar-refractivity contribution in [1.82, 2.24) is 10.2 Å². The number of methoxy groups -OCH3 is 1.